The highest BCUT2D eigenvalue weighted by Gasteiger charge is 2.34. The summed E-state index contributed by atoms with van der Waals surface area (Å²) in [7, 11) is 1.43. The molecule has 1 N–H and O–H groups in total. The Morgan fingerprint density at radius 1 is 1.17 bits per heavy atom. The van der Waals surface area contributed by atoms with Crippen LogP contribution in [0.3, 0.4) is 0 Å². The molecule has 122 valence electrons. The van der Waals surface area contributed by atoms with Crippen molar-refractivity contribution in [2.75, 3.05) is 12.4 Å². The number of aryl methyl sites for hydroxylation is 1. The van der Waals surface area contributed by atoms with Crippen molar-refractivity contribution in [2.45, 2.75) is 13.1 Å². The van der Waals surface area contributed by atoms with E-state index in [2.05, 4.69) is 5.32 Å². The van der Waals surface area contributed by atoms with Gasteiger partial charge in [0.15, 0.2) is 0 Å². The Balaban J connectivity index is 2.40. The maximum atomic E-state index is 12.9. The minimum atomic E-state index is -4.63. The number of carbonyl (C=O) groups is 1. The number of carbonyl (C=O) groups excluding carboxylic acids is 1. The largest absolute Gasteiger partial charge is 0.495 e. The molecule has 2 aromatic carbocycles. The van der Waals surface area contributed by atoms with Gasteiger partial charge in [0.05, 0.1) is 28.9 Å². The molecule has 0 radical (unpaired) electrons. The van der Waals surface area contributed by atoms with Gasteiger partial charge in [0.25, 0.3) is 5.91 Å². The number of para-hydroxylation sites is 1. The van der Waals surface area contributed by atoms with Crippen molar-refractivity contribution in [3.05, 3.63) is 58.1 Å². The van der Waals surface area contributed by atoms with E-state index in [-0.39, 0.29) is 5.56 Å². The third-order valence-corrected chi connectivity index (χ3v) is 3.65. The predicted molar refractivity (Wildman–Crippen MR) is 82.1 cm³/mol. The summed E-state index contributed by atoms with van der Waals surface area (Å²) in [5, 5.41) is 1.92. The Bertz CT molecular complexity index is 745. The number of rotatable bonds is 3. The number of hydrogen-bond donors (Lipinski definition) is 1. The van der Waals surface area contributed by atoms with Crippen molar-refractivity contribution in [2.24, 2.45) is 0 Å². The van der Waals surface area contributed by atoms with Crippen LogP contribution < -0.4 is 10.1 Å². The summed E-state index contributed by atoms with van der Waals surface area (Å²) < 4.78 is 43.7. The minimum Gasteiger partial charge on any atom is -0.495 e. The first-order valence-corrected chi connectivity index (χ1v) is 6.94. The number of ether oxygens (including phenoxy) is 1. The zero-order valence-corrected chi connectivity index (χ0v) is 13.0. The molecule has 0 aromatic heterocycles. The molecule has 0 spiro atoms. The van der Waals surface area contributed by atoms with Crippen LogP contribution in [0.25, 0.3) is 0 Å². The third-order valence-electron chi connectivity index (χ3n) is 3.24. The van der Waals surface area contributed by atoms with Crippen LogP contribution in [-0.4, -0.2) is 13.0 Å². The number of amides is 1. The molecular weight excluding hydrogens is 331 g/mol. The molecule has 2 rings (SSSR count). The highest BCUT2D eigenvalue weighted by atomic mass is 35.5. The lowest BCUT2D eigenvalue weighted by Crippen LogP contribution is -2.16. The zero-order chi connectivity index (χ0) is 17.2. The smallest absolute Gasteiger partial charge is 0.417 e. The fraction of sp³-hybridized carbons (Fsp3) is 0.188. The van der Waals surface area contributed by atoms with Crippen molar-refractivity contribution >= 4 is 23.2 Å². The molecule has 1 amide bonds. The molecule has 23 heavy (non-hydrogen) atoms. The lowest BCUT2D eigenvalue weighted by molar-refractivity contribution is -0.137. The van der Waals surface area contributed by atoms with Crippen LogP contribution in [0.4, 0.5) is 18.9 Å². The van der Waals surface area contributed by atoms with Crippen LogP contribution in [0, 0.1) is 6.92 Å². The van der Waals surface area contributed by atoms with E-state index in [1.165, 1.54) is 13.2 Å². The second kappa shape index (κ2) is 6.50. The van der Waals surface area contributed by atoms with Gasteiger partial charge in [-0.25, -0.2) is 0 Å². The number of halogens is 4. The maximum Gasteiger partial charge on any atom is 0.417 e. The molecule has 0 atom stereocenters. The van der Waals surface area contributed by atoms with Gasteiger partial charge < -0.3 is 10.1 Å². The molecular formula is C16H13ClF3NO2. The van der Waals surface area contributed by atoms with E-state index in [1.807, 2.05) is 0 Å². The van der Waals surface area contributed by atoms with Gasteiger partial charge in [-0.1, -0.05) is 29.8 Å². The van der Waals surface area contributed by atoms with E-state index in [1.54, 1.807) is 25.1 Å². The number of hydrogen-bond acceptors (Lipinski definition) is 2. The summed E-state index contributed by atoms with van der Waals surface area (Å²) in [6.45, 7) is 1.74. The van der Waals surface area contributed by atoms with E-state index in [0.717, 1.165) is 12.1 Å². The molecule has 0 heterocycles. The first kappa shape index (κ1) is 17.1. The summed E-state index contributed by atoms with van der Waals surface area (Å²) in [5.41, 5.74) is -0.218. The lowest BCUT2D eigenvalue weighted by Gasteiger charge is -2.15. The van der Waals surface area contributed by atoms with Crippen LogP contribution in [0.1, 0.15) is 21.5 Å². The van der Waals surface area contributed by atoms with Crippen LogP contribution in [0.15, 0.2) is 36.4 Å². The van der Waals surface area contributed by atoms with Gasteiger partial charge in [0.1, 0.15) is 5.75 Å². The number of methoxy groups -OCH3 is 1. The van der Waals surface area contributed by atoms with Crippen molar-refractivity contribution in [3.63, 3.8) is 0 Å². The Kier molecular flexibility index (Phi) is 4.85. The molecule has 0 unspecified atom stereocenters. The lowest BCUT2D eigenvalue weighted by atomic mass is 10.1. The Labute approximate surface area is 136 Å². The second-order valence-electron chi connectivity index (χ2n) is 4.77. The Morgan fingerprint density at radius 2 is 1.83 bits per heavy atom. The molecule has 0 aliphatic heterocycles. The van der Waals surface area contributed by atoms with Gasteiger partial charge in [0, 0.05) is 0 Å². The predicted octanol–water partition coefficient (Wildman–Crippen LogP) is 4.93. The SMILES string of the molecule is COc1cccc(C)c1NC(=O)c1cccc(C(F)(F)F)c1Cl. The topological polar surface area (TPSA) is 38.3 Å². The standard InChI is InChI=1S/C16H13ClF3NO2/c1-9-5-3-8-12(23-2)14(9)21-15(22)10-6-4-7-11(13(10)17)16(18,19)20/h3-8H,1-2H3,(H,21,22). The molecule has 0 bridgehead atoms. The van der Waals surface area contributed by atoms with E-state index < -0.39 is 22.7 Å². The monoisotopic (exact) mass is 343 g/mol. The Hall–Kier alpha value is -2.21. The summed E-state index contributed by atoms with van der Waals surface area (Å²) in [6.07, 6.45) is -4.63. The number of alkyl halides is 3. The van der Waals surface area contributed by atoms with Gasteiger partial charge in [-0.05, 0) is 30.7 Å². The zero-order valence-electron chi connectivity index (χ0n) is 12.3. The molecule has 0 saturated carbocycles. The maximum absolute atomic E-state index is 12.9. The number of nitrogens with one attached hydrogen (secondary N) is 1. The van der Waals surface area contributed by atoms with E-state index >= 15 is 0 Å². The summed E-state index contributed by atoms with van der Waals surface area (Å²) in [6, 6.07) is 8.31. The average Bonchev–Trinajstić information content (AvgIpc) is 2.48. The van der Waals surface area contributed by atoms with E-state index in [9.17, 15) is 18.0 Å². The van der Waals surface area contributed by atoms with Crippen LogP contribution >= 0.6 is 11.6 Å². The van der Waals surface area contributed by atoms with Gasteiger partial charge >= 0.3 is 6.18 Å². The molecule has 0 aliphatic rings. The van der Waals surface area contributed by atoms with Gasteiger partial charge in [-0.3, -0.25) is 4.79 Å². The molecule has 0 saturated heterocycles. The van der Waals surface area contributed by atoms with Crippen molar-refractivity contribution in [3.8, 4) is 5.75 Å². The Morgan fingerprint density at radius 3 is 2.43 bits per heavy atom. The molecule has 3 nitrogen and oxygen atoms in total. The first-order chi connectivity index (χ1) is 10.8. The van der Waals surface area contributed by atoms with E-state index in [0.29, 0.717) is 17.0 Å². The summed E-state index contributed by atoms with van der Waals surface area (Å²) >= 11 is 5.76. The van der Waals surface area contributed by atoms with Crippen LogP contribution in [0.5, 0.6) is 5.75 Å². The first-order valence-electron chi connectivity index (χ1n) is 6.56. The highest BCUT2D eigenvalue weighted by Crippen LogP contribution is 2.37. The number of anilines is 1. The fourth-order valence-electron chi connectivity index (χ4n) is 2.08. The van der Waals surface area contributed by atoms with Crippen molar-refractivity contribution < 1.29 is 22.7 Å². The van der Waals surface area contributed by atoms with E-state index in [4.69, 9.17) is 16.3 Å². The molecule has 2 aromatic rings. The van der Waals surface area contributed by atoms with Crippen molar-refractivity contribution in [1.82, 2.24) is 0 Å². The van der Waals surface area contributed by atoms with Crippen LogP contribution in [0.2, 0.25) is 5.02 Å². The summed E-state index contributed by atoms with van der Waals surface area (Å²) in [4.78, 5) is 12.3. The normalized spacial score (nSPS) is 11.2. The molecule has 7 heteroatoms. The van der Waals surface area contributed by atoms with Gasteiger partial charge in [-0.15, -0.1) is 0 Å². The summed E-state index contributed by atoms with van der Waals surface area (Å²) in [5.74, 6) is -0.338. The third kappa shape index (κ3) is 3.59. The van der Waals surface area contributed by atoms with Crippen molar-refractivity contribution in [1.29, 1.82) is 0 Å². The minimum absolute atomic E-state index is 0.258. The molecule has 0 fully saturated rings. The quantitative estimate of drug-likeness (QED) is 0.858. The highest BCUT2D eigenvalue weighted by molar-refractivity contribution is 6.35. The fourth-order valence-corrected chi connectivity index (χ4v) is 2.40. The van der Waals surface area contributed by atoms with Gasteiger partial charge in [0.2, 0.25) is 0 Å². The molecule has 0 aliphatic carbocycles. The average molecular weight is 344 g/mol. The van der Waals surface area contributed by atoms with Gasteiger partial charge in [-0.2, -0.15) is 13.2 Å². The van der Waals surface area contributed by atoms with Crippen LogP contribution in [-0.2, 0) is 6.18 Å². The second-order valence-corrected chi connectivity index (χ2v) is 5.15. The number of benzene rings is 2.